The molecule has 2 aromatic rings. The Morgan fingerprint density at radius 3 is 1.68 bits per heavy atom. The molecule has 0 radical (unpaired) electrons. The van der Waals surface area contributed by atoms with Gasteiger partial charge in [0.25, 0.3) is 0 Å². The van der Waals surface area contributed by atoms with Crippen LogP contribution in [0, 0.1) is 5.92 Å². The first-order valence-electron chi connectivity index (χ1n) is 6.27. The first kappa shape index (κ1) is 13.3. The zero-order valence-corrected chi connectivity index (χ0v) is 13.9. The Labute approximate surface area is 129 Å². The molecule has 98 valence electrons. The summed E-state index contributed by atoms with van der Waals surface area (Å²) < 4.78 is 1.99. The van der Waals surface area contributed by atoms with Gasteiger partial charge in [0.1, 0.15) is 5.60 Å². The summed E-state index contributed by atoms with van der Waals surface area (Å²) >= 11 is 7.01. The Bertz CT molecular complexity index is 610. The molecule has 0 aromatic heterocycles. The van der Waals surface area contributed by atoms with Crippen LogP contribution in [0.3, 0.4) is 0 Å². The first-order valence-corrected chi connectivity index (χ1v) is 7.86. The van der Waals surface area contributed by atoms with Crippen molar-refractivity contribution in [2.45, 2.75) is 19.4 Å². The van der Waals surface area contributed by atoms with Gasteiger partial charge in [0.2, 0.25) is 0 Å². The molecule has 0 atom stereocenters. The van der Waals surface area contributed by atoms with Crippen molar-refractivity contribution in [2.75, 3.05) is 0 Å². The maximum absolute atomic E-state index is 11.3. The SMILES string of the molecule is CC(C)C1(O)c2cc(Br)ccc2-c2ccc(Br)cc21. The fraction of sp³-hybridized carbons (Fsp3) is 0.250. The Morgan fingerprint density at radius 1 is 0.895 bits per heavy atom. The predicted octanol–water partition coefficient (Wildman–Crippen LogP) is 5.08. The van der Waals surface area contributed by atoms with E-state index < -0.39 is 5.60 Å². The van der Waals surface area contributed by atoms with E-state index in [2.05, 4.69) is 57.8 Å². The molecular weight excluding hydrogens is 368 g/mol. The van der Waals surface area contributed by atoms with Crippen molar-refractivity contribution in [3.05, 3.63) is 56.5 Å². The second-order valence-corrected chi connectivity index (χ2v) is 7.13. The minimum atomic E-state index is -0.918. The molecule has 0 heterocycles. The Kier molecular flexibility index (Phi) is 3.12. The van der Waals surface area contributed by atoms with Crippen LogP contribution in [-0.2, 0) is 5.60 Å². The van der Waals surface area contributed by atoms with Crippen molar-refractivity contribution in [1.82, 2.24) is 0 Å². The Hall–Kier alpha value is -0.640. The third kappa shape index (κ3) is 1.83. The summed E-state index contributed by atoms with van der Waals surface area (Å²) in [4.78, 5) is 0. The summed E-state index contributed by atoms with van der Waals surface area (Å²) in [6.45, 7) is 4.11. The summed E-state index contributed by atoms with van der Waals surface area (Å²) in [6, 6.07) is 12.3. The lowest BCUT2D eigenvalue weighted by Gasteiger charge is -2.30. The summed E-state index contributed by atoms with van der Waals surface area (Å²) in [6.07, 6.45) is 0. The number of benzene rings is 2. The molecule has 1 aliphatic rings. The number of halogens is 2. The van der Waals surface area contributed by atoms with Crippen LogP contribution in [0.15, 0.2) is 45.3 Å². The lowest BCUT2D eigenvalue weighted by Crippen LogP contribution is -2.31. The molecule has 1 N–H and O–H groups in total. The van der Waals surface area contributed by atoms with Gasteiger partial charge in [-0.05, 0) is 52.4 Å². The fourth-order valence-electron chi connectivity index (χ4n) is 2.90. The Balaban J connectivity index is 2.39. The van der Waals surface area contributed by atoms with Crippen LogP contribution in [-0.4, -0.2) is 5.11 Å². The van der Waals surface area contributed by atoms with Crippen LogP contribution in [0.1, 0.15) is 25.0 Å². The molecule has 3 heteroatoms. The second-order valence-electron chi connectivity index (χ2n) is 5.30. The molecule has 1 aliphatic carbocycles. The van der Waals surface area contributed by atoms with E-state index in [1.165, 1.54) is 0 Å². The fourth-order valence-corrected chi connectivity index (χ4v) is 3.62. The maximum atomic E-state index is 11.3. The molecule has 1 nitrogen and oxygen atoms in total. The molecule has 0 unspecified atom stereocenters. The minimum absolute atomic E-state index is 0.107. The van der Waals surface area contributed by atoms with E-state index in [4.69, 9.17) is 0 Å². The average Bonchev–Trinajstić information content (AvgIpc) is 2.60. The zero-order chi connectivity index (χ0) is 13.8. The highest BCUT2D eigenvalue weighted by Gasteiger charge is 2.44. The molecule has 0 amide bonds. The highest BCUT2D eigenvalue weighted by molar-refractivity contribution is 9.10. The number of aliphatic hydroxyl groups is 1. The van der Waals surface area contributed by atoms with E-state index in [9.17, 15) is 5.11 Å². The van der Waals surface area contributed by atoms with Gasteiger partial charge in [-0.2, -0.15) is 0 Å². The van der Waals surface area contributed by atoms with Crippen molar-refractivity contribution in [1.29, 1.82) is 0 Å². The molecular formula is C16H14Br2O. The van der Waals surface area contributed by atoms with Crippen LogP contribution in [0.5, 0.6) is 0 Å². The van der Waals surface area contributed by atoms with Gasteiger partial charge >= 0.3 is 0 Å². The number of rotatable bonds is 1. The van der Waals surface area contributed by atoms with Crippen LogP contribution < -0.4 is 0 Å². The summed E-state index contributed by atoms with van der Waals surface area (Å²) in [5.74, 6) is 0.107. The highest BCUT2D eigenvalue weighted by Crippen LogP contribution is 2.52. The molecule has 0 spiro atoms. The van der Waals surface area contributed by atoms with Crippen molar-refractivity contribution in [2.24, 2.45) is 5.92 Å². The third-order valence-electron chi connectivity index (χ3n) is 3.91. The van der Waals surface area contributed by atoms with Gasteiger partial charge in [-0.25, -0.2) is 0 Å². The lowest BCUT2D eigenvalue weighted by atomic mass is 9.81. The molecule has 0 saturated heterocycles. The van der Waals surface area contributed by atoms with Gasteiger partial charge in [-0.15, -0.1) is 0 Å². The van der Waals surface area contributed by atoms with E-state index in [1.54, 1.807) is 0 Å². The standard InChI is InChI=1S/C16H14Br2O/c1-9(2)16(19)14-7-10(17)3-5-12(14)13-6-4-11(18)8-15(13)16/h3-9,19H,1-2H3. The van der Waals surface area contributed by atoms with Crippen molar-refractivity contribution < 1.29 is 5.11 Å². The second kappa shape index (κ2) is 4.44. The highest BCUT2D eigenvalue weighted by atomic mass is 79.9. The van der Waals surface area contributed by atoms with Crippen LogP contribution in [0.2, 0.25) is 0 Å². The number of hydrogen-bond acceptors (Lipinski definition) is 1. The van der Waals surface area contributed by atoms with E-state index in [0.717, 1.165) is 31.2 Å². The minimum Gasteiger partial charge on any atom is -0.380 e. The molecule has 0 saturated carbocycles. The van der Waals surface area contributed by atoms with Gasteiger partial charge < -0.3 is 5.11 Å². The summed E-state index contributed by atoms with van der Waals surface area (Å²) in [5, 5.41) is 11.3. The van der Waals surface area contributed by atoms with E-state index in [1.807, 2.05) is 24.3 Å². The van der Waals surface area contributed by atoms with Crippen molar-refractivity contribution in [3.63, 3.8) is 0 Å². The monoisotopic (exact) mass is 380 g/mol. The Morgan fingerprint density at radius 2 is 1.32 bits per heavy atom. The van der Waals surface area contributed by atoms with Crippen LogP contribution in [0.25, 0.3) is 11.1 Å². The topological polar surface area (TPSA) is 20.2 Å². The average molecular weight is 382 g/mol. The molecule has 0 fully saturated rings. The van der Waals surface area contributed by atoms with Crippen molar-refractivity contribution >= 4 is 31.9 Å². The van der Waals surface area contributed by atoms with Gasteiger partial charge in [-0.3, -0.25) is 0 Å². The summed E-state index contributed by atoms with van der Waals surface area (Å²) in [5.41, 5.74) is 3.32. The molecule has 3 rings (SSSR count). The number of hydrogen-bond donors (Lipinski definition) is 1. The van der Waals surface area contributed by atoms with Gasteiger partial charge in [-0.1, -0.05) is 57.8 Å². The van der Waals surface area contributed by atoms with Crippen LogP contribution >= 0.6 is 31.9 Å². The first-order chi connectivity index (χ1) is 8.94. The molecule has 0 aliphatic heterocycles. The van der Waals surface area contributed by atoms with E-state index in [0.29, 0.717) is 0 Å². The normalized spacial score (nSPS) is 15.5. The van der Waals surface area contributed by atoms with Crippen molar-refractivity contribution in [3.8, 4) is 11.1 Å². The zero-order valence-electron chi connectivity index (χ0n) is 10.7. The lowest BCUT2D eigenvalue weighted by molar-refractivity contribution is 0.0362. The summed E-state index contributed by atoms with van der Waals surface area (Å²) in [7, 11) is 0. The molecule has 19 heavy (non-hydrogen) atoms. The molecule has 2 aromatic carbocycles. The predicted molar refractivity (Wildman–Crippen MR) is 85.1 cm³/mol. The molecule has 0 bridgehead atoms. The van der Waals surface area contributed by atoms with E-state index in [-0.39, 0.29) is 5.92 Å². The number of fused-ring (bicyclic) bond motifs is 3. The van der Waals surface area contributed by atoms with Gasteiger partial charge in [0.05, 0.1) is 0 Å². The largest absolute Gasteiger partial charge is 0.380 e. The third-order valence-corrected chi connectivity index (χ3v) is 4.90. The van der Waals surface area contributed by atoms with E-state index >= 15 is 0 Å². The maximum Gasteiger partial charge on any atom is 0.118 e. The van der Waals surface area contributed by atoms with Crippen LogP contribution in [0.4, 0.5) is 0 Å². The van der Waals surface area contributed by atoms with Gasteiger partial charge in [0, 0.05) is 8.95 Å². The quantitative estimate of drug-likeness (QED) is 0.729. The smallest absolute Gasteiger partial charge is 0.118 e. The van der Waals surface area contributed by atoms with Gasteiger partial charge in [0.15, 0.2) is 0 Å².